The summed E-state index contributed by atoms with van der Waals surface area (Å²) in [6, 6.07) is 5.29. The van der Waals surface area contributed by atoms with Gasteiger partial charge in [0.05, 0.1) is 10.5 Å². The van der Waals surface area contributed by atoms with Gasteiger partial charge in [-0.1, -0.05) is 6.07 Å². The van der Waals surface area contributed by atoms with Gasteiger partial charge in [-0.3, -0.25) is 24.5 Å². The van der Waals surface area contributed by atoms with Crippen LogP contribution in [-0.2, 0) is 7.05 Å². The monoisotopic (exact) mass is 414 g/mol. The van der Waals surface area contributed by atoms with Crippen molar-refractivity contribution in [2.75, 3.05) is 5.32 Å². The van der Waals surface area contributed by atoms with Crippen LogP contribution in [0.2, 0.25) is 0 Å². The number of aryl methyl sites for hydroxylation is 2. The molecule has 30 heavy (non-hydrogen) atoms. The third kappa shape index (κ3) is 4.73. The number of carbonyl (C=O) groups excluding carboxylic acids is 2. The molecule has 0 spiro atoms. The number of pyridine rings is 1. The van der Waals surface area contributed by atoms with E-state index in [2.05, 4.69) is 5.32 Å². The second kappa shape index (κ2) is 8.89. The maximum Gasteiger partial charge on any atom is 0.274 e. The van der Waals surface area contributed by atoms with Crippen LogP contribution in [0.3, 0.4) is 0 Å². The van der Waals surface area contributed by atoms with Crippen molar-refractivity contribution in [2.45, 2.75) is 46.7 Å². The Morgan fingerprint density at radius 1 is 1.10 bits per heavy atom. The summed E-state index contributed by atoms with van der Waals surface area (Å²) in [5.74, 6) is -0.943. The number of aromatic nitrogens is 1. The highest BCUT2D eigenvalue weighted by Crippen LogP contribution is 2.20. The van der Waals surface area contributed by atoms with Gasteiger partial charge in [0.15, 0.2) is 0 Å². The van der Waals surface area contributed by atoms with Crippen LogP contribution in [0.15, 0.2) is 35.3 Å². The van der Waals surface area contributed by atoms with Gasteiger partial charge in [0.2, 0.25) is 0 Å². The molecule has 0 atom stereocenters. The molecule has 2 rings (SSSR count). The molecule has 1 aromatic carbocycles. The number of nitro benzene ring substituents is 1. The van der Waals surface area contributed by atoms with Crippen molar-refractivity contribution in [1.29, 1.82) is 0 Å². The predicted octanol–water partition coefficient (Wildman–Crippen LogP) is 3.11. The minimum Gasteiger partial charge on any atom is -0.334 e. The lowest BCUT2D eigenvalue weighted by Crippen LogP contribution is -2.42. The third-order valence-corrected chi connectivity index (χ3v) is 4.69. The Kier molecular flexibility index (Phi) is 6.76. The maximum atomic E-state index is 13.0. The molecular weight excluding hydrogens is 388 g/mol. The lowest BCUT2D eigenvalue weighted by Gasteiger charge is -2.31. The lowest BCUT2D eigenvalue weighted by molar-refractivity contribution is -0.385. The summed E-state index contributed by atoms with van der Waals surface area (Å²) >= 11 is 0. The number of nitro groups is 1. The first-order valence-corrected chi connectivity index (χ1v) is 9.53. The van der Waals surface area contributed by atoms with E-state index in [1.54, 1.807) is 11.8 Å². The standard InChI is InChI=1S/C21H26N4O5/c1-12(2)24(13(3)4)20(27)16-9-17(21(28)23(6)11-16)22-19(26)15-8-7-14(5)18(10-15)25(29)30/h7-13H,1-6H3,(H,22,26). The van der Waals surface area contributed by atoms with E-state index < -0.39 is 16.4 Å². The van der Waals surface area contributed by atoms with Gasteiger partial charge in [0.25, 0.3) is 23.1 Å². The van der Waals surface area contributed by atoms with E-state index in [0.717, 1.165) is 6.07 Å². The van der Waals surface area contributed by atoms with Crippen LogP contribution < -0.4 is 10.9 Å². The fourth-order valence-corrected chi connectivity index (χ4v) is 3.27. The fourth-order valence-electron chi connectivity index (χ4n) is 3.27. The first kappa shape index (κ1) is 22.8. The molecule has 0 radical (unpaired) electrons. The molecule has 0 aliphatic rings. The van der Waals surface area contributed by atoms with E-state index in [1.807, 2.05) is 27.7 Å². The predicted molar refractivity (Wildman–Crippen MR) is 114 cm³/mol. The molecule has 9 heteroatoms. The second-order valence-electron chi connectivity index (χ2n) is 7.67. The molecule has 0 aliphatic carbocycles. The third-order valence-electron chi connectivity index (χ3n) is 4.69. The van der Waals surface area contributed by atoms with Crippen molar-refractivity contribution in [1.82, 2.24) is 9.47 Å². The number of anilines is 1. The summed E-state index contributed by atoms with van der Waals surface area (Å²) < 4.78 is 1.22. The largest absolute Gasteiger partial charge is 0.334 e. The van der Waals surface area contributed by atoms with Crippen molar-refractivity contribution >= 4 is 23.2 Å². The Hall–Kier alpha value is -3.49. The average Bonchev–Trinajstić information content (AvgIpc) is 2.64. The molecule has 0 bridgehead atoms. The molecule has 0 unspecified atom stereocenters. The van der Waals surface area contributed by atoms with Gasteiger partial charge in [-0.05, 0) is 46.8 Å². The van der Waals surface area contributed by atoms with E-state index in [4.69, 9.17) is 0 Å². The van der Waals surface area contributed by atoms with Gasteiger partial charge in [-0.15, -0.1) is 0 Å². The molecule has 0 saturated carbocycles. The second-order valence-corrected chi connectivity index (χ2v) is 7.67. The van der Waals surface area contributed by atoms with Crippen LogP contribution in [0.4, 0.5) is 11.4 Å². The van der Waals surface area contributed by atoms with E-state index in [1.165, 1.54) is 36.0 Å². The maximum absolute atomic E-state index is 13.0. The first-order chi connectivity index (χ1) is 13.9. The molecule has 2 aromatic rings. The number of carbonyl (C=O) groups is 2. The van der Waals surface area contributed by atoms with Crippen molar-refractivity contribution in [2.24, 2.45) is 7.05 Å². The highest BCUT2D eigenvalue weighted by molar-refractivity contribution is 6.05. The summed E-state index contributed by atoms with van der Waals surface area (Å²) in [6.45, 7) is 9.15. The minimum absolute atomic E-state index is 0.0390. The minimum atomic E-state index is -0.677. The van der Waals surface area contributed by atoms with Crippen LogP contribution in [0.1, 0.15) is 54.0 Å². The lowest BCUT2D eigenvalue weighted by atomic mass is 10.1. The normalized spacial score (nSPS) is 10.9. The molecular formula is C21H26N4O5. The van der Waals surface area contributed by atoms with E-state index in [0.29, 0.717) is 5.56 Å². The number of benzene rings is 1. The summed E-state index contributed by atoms with van der Waals surface area (Å²) in [6.07, 6.45) is 1.43. The van der Waals surface area contributed by atoms with Gasteiger partial charge in [-0.25, -0.2) is 0 Å². The van der Waals surface area contributed by atoms with Crippen molar-refractivity contribution < 1.29 is 14.5 Å². The highest BCUT2D eigenvalue weighted by atomic mass is 16.6. The van der Waals surface area contributed by atoms with Crippen LogP contribution in [0, 0.1) is 17.0 Å². The van der Waals surface area contributed by atoms with E-state index in [-0.39, 0.29) is 40.5 Å². The summed E-state index contributed by atoms with van der Waals surface area (Å²) in [5, 5.41) is 13.6. The topological polar surface area (TPSA) is 115 Å². The number of hydrogen-bond acceptors (Lipinski definition) is 5. The smallest absolute Gasteiger partial charge is 0.274 e. The van der Waals surface area contributed by atoms with Gasteiger partial charge in [0, 0.05) is 42.5 Å². The van der Waals surface area contributed by atoms with Gasteiger partial charge < -0.3 is 14.8 Å². The van der Waals surface area contributed by atoms with Crippen LogP contribution in [0.25, 0.3) is 0 Å². The zero-order chi connectivity index (χ0) is 22.7. The average molecular weight is 414 g/mol. The number of rotatable bonds is 6. The Balaban J connectivity index is 2.42. The molecule has 160 valence electrons. The summed E-state index contributed by atoms with van der Waals surface area (Å²) in [4.78, 5) is 50.3. The SMILES string of the molecule is Cc1ccc(C(=O)Nc2cc(C(=O)N(C(C)C)C(C)C)cn(C)c2=O)cc1[N+](=O)[O-]. The number of amides is 2. The van der Waals surface area contributed by atoms with Crippen LogP contribution in [0.5, 0.6) is 0 Å². The Bertz CT molecular complexity index is 1050. The first-order valence-electron chi connectivity index (χ1n) is 9.53. The fraction of sp³-hybridized carbons (Fsp3) is 0.381. The van der Waals surface area contributed by atoms with Crippen LogP contribution >= 0.6 is 0 Å². The molecule has 0 fully saturated rings. The molecule has 9 nitrogen and oxygen atoms in total. The van der Waals surface area contributed by atoms with E-state index in [9.17, 15) is 24.5 Å². The molecule has 1 N–H and O–H groups in total. The number of hydrogen-bond donors (Lipinski definition) is 1. The van der Waals surface area contributed by atoms with Gasteiger partial charge in [-0.2, -0.15) is 0 Å². The molecule has 0 saturated heterocycles. The quantitative estimate of drug-likeness (QED) is 0.576. The van der Waals surface area contributed by atoms with Gasteiger partial charge >= 0.3 is 0 Å². The summed E-state index contributed by atoms with van der Waals surface area (Å²) in [5.41, 5.74) is -0.0561. The molecule has 1 heterocycles. The Labute approximate surface area is 174 Å². The van der Waals surface area contributed by atoms with Crippen molar-refractivity contribution in [3.8, 4) is 0 Å². The summed E-state index contributed by atoms with van der Waals surface area (Å²) in [7, 11) is 1.49. The zero-order valence-electron chi connectivity index (χ0n) is 17.9. The van der Waals surface area contributed by atoms with Crippen LogP contribution in [-0.4, -0.2) is 38.3 Å². The molecule has 2 amide bonds. The number of nitrogens with zero attached hydrogens (tertiary/aromatic N) is 3. The Morgan fingerprint density at radius 3 is 2.23 bits per heavy atom. The van der Waals surface area contributed by atoms with Crippen molar-refractivity contribution in [3.05, 3.63) is 67.6 Å². The zero-order valence-corrected chi connectivity index (χ0v) is 17.9. The molecule has 0 aliphatic heterocycles. The number of nitrogens with one attached hydrogen (secondary N) is 1. The van der Waals surface area contributed by atoms with E-state index >= 15 is 0 Å². The molecule has 1 aromatic heterocycles. The van der Waals surface area contributed by atoms with Gasteiger partial charge in [0.1, 0.15) is 5.69 Å². The Morgan fingerprint density at radius 2 is 1.70 bits per heavy atom. The van der Waals surface area contributed by atoms with Crippen molar-refractivity contribution in [3.63, 3.8) is 0 Å². The highest BCUT2D eigenvalue weighted by Gasteiger charge is 2.23.